The zero-order valence-electron chi connectivity index (χ0n) is 31.8. The molecule has 55 heavy (non-hydrogen) atoms. The summed E-state index contributed by atoms with van der Waals surface area (Å²) in [6, 6.07) is 52.6. The highest BCUT2D eigenvalue weighted by molar-refractivity contribution is 6.07. The van der Waals surface area contributed by atoms with Crippen LogP contribution < -0.4 is 0 Å². The Kier molecular flexibility index (Phi) is 8.24. The number of carbonyl (C=O) groups is 1. The molecule has 0 amide bonds. The lowest BCUT2D eigenvalue weighted by molar-refractivity contribution is -0.150. The van der Waals surface area contributed by atoms with Crippen molar-refractivity contribution < 1.29 is 18.4 Å². The SMILES string of the molecule is CC(C)(C)c1ccc2oc3cc(-c4cccc(-c5ccc(-c6ccc7oc8cc(C(C)(C)C(=O)OCc9ccccc9)ccc8c7c6)cc5)c4)ccc3c2c1. The van der Waals surface area contributed by atoms with E-state index in [1.165, 1.54) is 5.56 Å². The molecule has 270 valence electrons. The fraction of sp³-hybridized carbons (Fsp3) is 0.157. The lowest BCUT2D eigenvalue weighted by atomic mass is 9.84. The predicted molar refractivity (Wildman–Crippen MR) is 225 cm³/mol. The summed E-state index contributed by atoms with van der Waals surface area (Å²) >= 11 is 0. The van der Waals surface area contributed by atoms with Crippen LogP contribution in [0.2, 0.25) is 0 Å². The second-order valence-electron chi connectivity index (χ2n) is 16.1. The molecule has 0 unspecified atom stereocenters. The van der Waals surface area contributed by atoms with E-state index in [1.807, 2.05) is 62.4 Å². The normalized spacial score (nSPS) is 12.2. The molecule has 0 fully saturated rings. The molecular weight excluding hydrogens is 677 g/mol. The molecule has 0 saturated heterocycles. The third-order valence-electron chi connectivity index (χ3n) is 11.0. The summed E-state index contributed by atoms with van der Waals surface area (Å²) in [7, 11) is 0. The van der Waals surface area contributed by atoms with Crippen LogP contribution in [0.5, 0.6) is 0 Å². The fourth-order valence-corrected chi connectivity index (χ4v) is 7.52. The molecule has 0 atom stereocenters. The van der Waals surface area contributed by atoms with Crippen LogP contribution in [-0.2, 0) is 27.0 Å². The Balaban J connectivity index is 0.953. The fourth-order valence-electron chi connectivity index (χ4n) is 7.52. The van der Waals surface area contributed by atoms with Crippen LogP contribution in [0, 0.1) is 0 Å². The number of carbonyl (C=O) groups excluding carboxylic acids is 1. The standard InChI is InChI=1S/C51H42O4/c1-50(2,3)39-21-25-46-44(29-39)41-22-18-38(28-47(41)54-46)36-13-9-12-35(26-36)33-14-16-34(17-15-33)37-19-24-45-43(27-37)42-23-20-40(30-48(42)55-45)51(4,5)49(52)53-31-32-10-7-6-8-11-32/h6-30H,31H2,1-5H3. The van der Waals surface area contributed by atoms with Gasteiger partial charge in [-0.2, -0.15) is 0 Å². The van der Waals surface area contributed by atoms with E-state index in [9.17, 15) is 4.79 Å². The van der Waals surface area contributed by atoms with Crippen molar-refractivity contribution in [2.75, 3.05) is 0 Å². The summed E-state index contributed by atoms with van der Waals surface area (Å²) in [5.41, 5.74) is 12.5. The van der Waals surface area contributed by atoms with Crippen LogP contribution in [0.1, 0.15) is 51.3 Å². The van der Waals surface area contributed by atoms with Gasteiger partial charge in [0.2, 0.25) is 0 Å². The van der Waals surface area contributed by atoms with Gasteiger partial charge in [-0.1, -0.05) is 124 Å². The van der Waals surface area contributed by atoms with Crippen molar-refractivity contribution in [3.05, 3.63) is 168 Å². The molecular formula is C51H42O4. The smallest absolute Gasteiger partial charge is 0.316 e. The maximum Gasteiger partial charge on any atom is 0.316 e. The van der Waals surface area contributed by atoms with E-state index in [2.05, 4.69) is 124 Å². The van der Waals surface area contributed by atoms with E-state index >= 15 is 0 Å². The van der Waals surface area contributed by atoms with Crippen molar-refractivity contribution in [2.45, 2.75) is 52.1 Å². The first kappa shape index (κ1) is 34.4. The van der Waals surface area contributed by atoms with Crippen LogP contribution >= 0.6 is 0 Å². The Hall–Kier alpha value is -6.39. The molecule has 0 aliphatic carbocycles. The Morgan fingerprint density at radius 1 is 0.455 bits per heavy atom. The summed E-state index contributed by atoms with van der Waals surface area (Å²) in [4.78, 5) is 13.2. The van der Waals surface area contributed by atoms with E-state index in [-0.39, 0.29) is 18.0 Å². The summed E-state index contributed by atoms with van der Waals surface area (Å²) in [5, 5.41) is 4.35. The third-order valence-corrected chi connectivity index (χ3v) is 11.0. The van der Waals surface area contributed by atoms with Gasteiger partial charge < -0.3 is 13.6 Å². The lowest BCUT2D eigenvalue weighted by Crippen LogP contribution is -2.31. The largest absolute Gasteiger partial charge is 0.460 e. The number of hydrogen-bond acceptors (Lipinski definition) is 4. The number of esters is 1. The molecule has 0 aliphatic heterocycles. The van der Waals surface area contributed by atoms with E-state index in [1.54, 1.807) is 0 Å². The first-order valence-electron chi connectivity index (χ1n) is 18.9. The number of hydrogen-bond donors (Lipinski definition) is 0. The molecule has 0 saturated carbocycles. The van der Waals surface area contributed by atoms with Gasteiger partial charge in [-0.25, -0.2) is 0 Å². The lowest BCUT2D eigenvalue weighted by Gasteiger charge is -2.23. The minimum atomic E-state index is -0.840. The van der Waals surface area contributed by atoms with Crippen LogP contribution in [0.15, 0.2) is 160 Å². The van der Waals surface area contributed by atoms with Crippen molar-refractivity contribution in [3.8, 4) is 33.4 Å². The number of fused-ring (bicyclic) bond motifs is 6. The first-order valence-corrected chi connectivity index (χ1v) is 18.9. The van der Waals surface area contributed by atoms with Crippen molar-refractivity contribution in [3.63, 3.8) is 0 Å². The average molecular weight is 719 g/mol. The van der Waals surface area contributed by atoms with Crippen LogP contribution in [0.3, 0.4) is 0 Å². The second-order valence-corrected chi connectivity index (χ2v) is 16.1. The molecule has 0 spiro atoms. The molecule has 7 aromatic carbocycles. The Labute approximate surface area is 321 Å². The molecule has 0 radical (unpaired) electrons. The highest BCUT2D eigenvalue weighted by atomic mass is 16.5. The van der Waals surface area contributed by atoms with Gasteiger partial charge in [-0.15, -0.1) is 0 Å². The zero-order valence-corrected chi connectivity index (χ0v) is 31.8. The van der Waals surface area contributed by atoms with E-state index < -0.39 is 5.41 Å². The number of rotatable bonds is 7. The topological polar surface area (TPSA) is 52.6 Å². The number of furan rings is 2. The molecule has 9 aromatic rings. The van der Waals surface area contributed by atoms with Gasteiger partial charge in [0, 0.05) is 21.5 Å². The van der Waals surface area contributed by atoms with Crippen LogP contribution in [0.4, 0.5) is 0 Å². The Bertz CT molecular complexity index is 2880. The van der Waals surface area contributed by atoms with E-state index in [0.29, 0.717) is 0 Å². The third kappa shape index (κ3) is 6.38. The van der Waals surface area contributed by atoms with Gasteiger partial charge in [-0.05, 0) is 118 Å². The van der Waals surface area contributed by atoms with Crippen LogP contribution in [-0.4, -0.2) is 5.97 Å². The van der Waals surface area contributed by atoms with E-state index in [0.717, 1.165) is 88.4 Å². The Morgan fingerprint density at radius 2 is 0.982 bits per heavy atom. The van der Waals surface area contributed by atoms with E-state index in [4.69, 9.17) is 13.6 Å². The highest BCUT2D eigenvalue weighted by Crippen LogP contribution is 2.38. The van der Waals surface area contributed by atoms with Crippen LogP contribution in [0.25, 0.3) is 77.3 Å². The maximum atomic E-state index is 13.2. The number of ether oxygens (including phenoxy) is 1. The molecule has 2 aromatic heterocycles. The zero-order chi connectivity index (χ0) is 37.9. The monoisotopic (exact) mass is 718 g/mol. The molecule has 0 aliphatic rings. The van der Waals surface area contributed by atoms with Crippen molar-refractivity contribution in [1.29, 1.82) is 0 Å². The van der Waals surface area contributed by atoms with Crippen molar-refractivity contribution in [2.24, 2.45) is 0 Å². The van der Waals surface area contributed by atoms with Crippen molar-refractivity contribution in [1.82, 2.24) is 0 Å². The minimum absolute atomic E-state index is 0.0750. The minimum Gasteiger partial charge on any atom is -0.460 e. The summed E-state index contributed by atoms with van der Waals surface area (Å²) < 4.78 is 18.3. The van der Waals surface area contributed by atoms with Gasteiger partial charge in [-0.3, -0.25) is 4.79 Å². The molecule has 0 N–H and O–H groups in total. The summed E-state index contributed by atoms with van der Waals surface area (Å²) in [5.74, 6) is -0.275. The number of benzene rings is 7. The summed E-state index contributed by atoms with van der Waals surface area (Å²) in [6.45, 7) is 10.8. The predicted octanol–water partition coefficient (Wildman–Crippen LogP) is 13.8. The second kappa shape index (κ2) is 13.2. The van der Waals surface area contributed by atoms with Gasteiger partial charge in [0.1, 0.15) is 28.9 Å². The Morgan fingerprint density at radius 3 is 1.67 bits per heavy atom. The molecule has 9 rings (SSSR count). The van der Waals surface area contributed by atoms with Gasteiger partial charge >= 0.3 is 5.97 Å². The first-order chi connectivity index (χ1) is 26.5. The molecule has 4 nitrogen and oxygen atoms in total. The summed E-state index contributed by atoms with van der Waals surface area (Å²) in [6.07, 6.45) is 0. The molecule has 0 bridgehead atoms. The van der Waals surface area contributed by atoms with Gasteiger partial charge in [0.05, 0.1) is 5.41 Å². The maximum absolute atomic E-state index is 13.2. The quantitative estimate of drug-likeness (QED) is 0.154. The van der Waals surface area contributed by atoms with Gasteiger partial charge in [0.15, 0.2) is 0 Å². The van der Waals surface area contributed by atoms with Crippen molar-refractivity contribution >= 4 is 49.8 Å². The highest BCUT2D eigenvalue weighted by Gasteiger charge is 2.32. The average Bonchev–Trinajstić information content (AvgIpc) is 3.76. The molecule has 2 heterocycles. The molecule has 4 heteroatoms. The van der Waals surface area contributed by atoms with Gasteiger partial charge in [0.25, 0.3) is 0 Å².